The van der Waals surface area contributed by atoms with E-state index >= 15 is 0 Å². The average Bonchev–Trinajstić information content (AvgIpc) is 2.69. The van der Waals surface area contributed by atoms with Crippen molar-refractivity contribution in [1.82, 2.24) is 5.32 Å². The number of carbonyl (C=O) groups excluding carboxylic acids is 1. The third-order valence-electron chi connectivity index (χ3n) is 5.25. The molecular formula is C26H37NO2. The second kappa shape index (κ2) is 10.5. The minimum Gasteiger partial charge on any atom is -0.481 e. The van der Waals surface area contributed by atoms with E-state index in [0.29, 0.717) is 18.9 Å². The first-order chi connectivity index (χ1) is 13.7. The second-order valence-electron chi connectivity index (χ2n) is 9.08. The Morgan fingerprint density at radius 3 is 2.14 bits per heavy atom. The van der Waals surface area contributed by atoms with E-state index in [1.807, 2.05) is 19.1 Å². The van der Waals surface area contributed by atoms with Crippen molar-refractivity contribution in [3.05, 3.63) is 65.2 Å². The van der Waals surface area contributed by atoms with Crippen molar-refractivity contribution in [2.75, 3.05) is 6.54 Å². The smallest absolute Gasteiger partial charge is 0.261 e. The summed E-state index contributed by atoms with van der Waals surface area (Å²) in [7, 11) is 0. The zero-order chi connectivity index (χ0) is 21.4. The summed E-state index contributed by atoms with van der Waals surface area (Å²) in [5.74, 6) is 1.26. The van der Waals surface area contributed by atoms with Gasteiger partial charge in [-0.25, -0.2) is 0 Å². The molecule has 0 bridgehead atoms. The predicted octanol–water partition coefficient (Wildman–Crippen LogP) is 6.01. The van der Waals surface area contributed by atoms with Gasteiger partial charge in [-0.15, -0.1) is 0 Å². The Balaban J connectivity index is 1.79. The lowest BCUT2D eigenvalue weighted by molar-refractivity contribution is -0.128. The van der Waals surface area contributed by atoms with E-state index in [9.17, 15) is 4.79 Å². The third kappa shape index (κ3) is 7.23. The van der Waals surface area contributed by atoms with Gasteiger partial charge in [0.15, 0.2) is 6.10 Å². The molecule has 0 aromatic heterocycles. The van der Waals surface area contributed by atoms with Crippen molar-refractivity contribution in [2.45, 2.75) is 78.2 Å². The van der Waals surface area contributed by atoms with Gasteiger partial charge < -0.3 is 10.1 Å². The third-order valence-corrected chi connectivity index (χ3v) is 5.25. The number of aryl methyl sites for hydroxylation is 1. The van der Waals surface area contributed by atoms with Gasteiger partial charge in [0.05, 0.1) is 0 Å². The summed E-state index contributed by atoms with van der Waals surface area (Å²) in [6.45, 7) is 13.6. The van der Waals surface area contributed by atoms with E-state index in [2.05, 4.69) is 76.3 Å². The van der Waals surface area contributed by atoms with Crippen LogP contribution < -0.4 is 10.1 Å². The molecule has 0 aliphatic heterocycles. The Morgan fingerprint density at radius 1 is 1.00 bits per heavy atom. The van der Waals surface area contributed by atoms with Crippen LogP contribution in [-0.4, -0.2) is 18.6 Å². The van der Waals surface area contributed by atoms with Crippen molar-refractivity contribution < 1.29 is 9.53 Å². The van der Waals surface area contributed by atoms with Crippen LogP contribution in [-0.2, 0) is 16.6 Å². The summed E-state index contributed by atoms with van der Waals surface area (Å²) in [6.07, 6.45) is 2.07. The quantitative estimate of drug-likeness (QED) is 0.528. The topological polar surface area (TPSA) is 38.3 Å². The molecule has 2 rings (SSSR count). The fraction of sp³-hybridized carbons (Fsp3) is 0.500. The van der Waals surface area contributed by atoms with Crippen LogP contribution in [0, 0.1) is 0 Å². The minimum atomic E-state index is -0.458. The lowest BCUT2D eigenvalue weighted by atomic mass is 9.87. The highest BCUT2D eigenvalue weighted by Crippen LogP contribution is 2.25. The van der Waals surface area contributed by atoms with Crippen LogP contribution >= 0.6 is 0 Å². The van der Waals surface area contributed by atoms with E-state index in [0.717, 1.165) is 18.6 Å². The van der Waals surface area contributed by atoms with Crippen molar-refractivity contribution in [3.63, 3.8) is 0 Å². The molecule has 0 aliphatic carbocycles. The summed E-state index contributed by atoms with van der Waals surface area (Å²) in [6, 6.07) is 16.8. The van der Waals surface area contributed by atoms with E-state index in [1.54, 1.807) is 0 Å². The summed E-state index contributed by atoms with van der Waals surface area (Å²) in [5, 5.41) is 3.03. The van der Waals surface area contributed by atoms with Crippen LogP contribution in [0.1, 0.15) is 77.0 Å². The molecule has 3 nitrogen and oxygen atoms in total. The Kier molecular flexibility index (Phi) is 8.31. The largest absolute Gasteiger partial charge is 0.481 e. The van der Waals surface area contributed by atoms with E-state index in [-0.39, 0.29) is 11.3 Å². The number of hydrogen-bond acceptors (Lipinski definition) is 2. The Hall–Kier alpha value is -2.29. The summed E-state index contributed by atoms with van der Waals surface area (Å²) in [5.41, 5.74) is 4.03. The maximum Gasteiger partial charge on any atom is 0.261 e. The zero-order valence-corrected chi connectivity index (χ0v) is 18.9. The van der Waals surface area contributed by atoms with E-state index in [1.165, 1.54) is 16.7 Å². The van der Waals surface area contributed by atoms with Crippen LogP contribution in [0.5, 0.6) is 5.75 Å². The fourth-order valence-corrected chi connectivity index (χ4v) is 3.21. The Morgan fingerprint density at radius 2 is 1.62 bits per heavy atom. The molecule has 1 atom stereocenters. The summed E-state index contributed by atoms with van der Waals surface area (Å²) >= 11 is 0. The number of benzene rings is 2. The highest BCUT2D eigenvalue weighted by Gasteiger charge is 2.19. The van der Waals surface area contributed by atoms with Gasteiger partial charge in [-0.3, -0.25) is 4.79 Å². The Labute approximate surface area is 176 Å². The minimum absolute atomic E-state index is 0.0393. The van der Waals surface area contributed by atoms with Gasteiger partial charge in [-0.1, -0.05) is 77.9 Å². The standard InChI is InChI=1S/C26H37NO2/c1-7-24(29-23-16-14-22(15-17-23)26(4,5)6)25(28)27-18-8-9-20-10-12-21(13-11-20)19(2)3/h10-17,19,24H,7-9,18H2,1-6H3,(H,27,28)/t24-/m1/s1. The number of ether oxygens (including phenoxy) is 1. The van der Waals surface area contributed by atoms with Crippen LogP contribution in [0.15, 0.2) is 48.5 Å². The number of carbonyl (C=O) groups is 1. The zero-order valence-electron chi connectivity index (χ0n) is 18.9. The van der Waals surface area contributed by atoms with Gasteiger partial charge >= 0.3 is 0 Å². The molecule has 0 unspecified atom stereocenters. The maximum atomic E-state index is 12.5. The van der Waals surface area contributed by atoms with Crippen LogP contribution in [0.3, 0.4) is 0 Å². The first-order valence-corrected chi connectivity index (χ1v) is 10.8. The number of rotatable bonds is 9. The molecule has 0 aliphatic rings. The van der Waals surface area contributed by atoms with Gasteiger partial charge in [0.25, 0.3) is 5.91 Å². The van der Waals surface area contributed by atoms with Gasteiger partial charge in [0, 0.05) is 6.54 Å². The molecule has 29 heavy (non-hydrogen) atoms. The van der Waals surface area contributed by atoms with Crippen molar-refractivity contribution in [1.29, 1.82) is 0 Å². The highest BCUT2D eigenvalue weighted by atomic mass is 16.5. The molecule has 2 aromatic rings. The van der Waals surface area contributed by atoms with Crippen LogP contribution in [0.4, 0.5) is 0 Å². The van der Waals surface area contributed by atoms with Gasteiger partial charge in [0.2, 0.25) is 0 Å². The van der Waals surface area contributed by atoms with Crippen molar-refractivity contribution in [3.8, 4) is 5.75 Å². The summed E-state index contributed by atoms with van der Waals surface area (Å²) in [4.78, 5) is 12.5. The fourth-order valence-electron chi connectivity index (χ4n) is 3.21. The molecule has 3 heteroatoms. The highest BCUT2D eigenvalue weighted by molar-refractivity contribution is 5.81. The molecule has 2 aromatic carbocycles. The maximum absolute atomic E-state index is 12.5. The first kappa shape index (κ1) is 23.0. The molecular weight excluding hydrogens is 358 g/mol. The van der Waals surface area contributed by atoms with Crippen LogP contribution in [0.25, 0.3) is 0 Å². The first-order valence-electron chi connectivity index (χ1n) is 10.8. The molecule has 0 saturated heterocycles. The average molecular weight is 396 g/mol. The van der Waals surface area contributed by atoms with Gasteiger partial charge in [-0.05, 0) is 59.4 Å². The molecule has 0 heterocycles. The SMILES string of the molecule is CC[C@@H](Oc1ccc(C(C)(C)C)cc1)C(=O)NCCCc1ccc(C(C)C)cc1. The molecule has 0 fully saturated rings. The number of hydrogen-bond donors (Lipinski definition) is 1. The van der Waals surface area contributed by atoms with Gasteiger partial charge in [0.1, 0.15) is 5.75 Å². The number of amides is 1. The molecule has 158 valence electrons. The molecule has 0 spiro atoms. The van der Waals surface area contributed by atoms with E-state index in [4.69, 9.17) is 4.74 Å². The lowest BCUT2D eigenvalue weighted by Gasteiger charge is -2.21. The second-order valence-corrected chi connectivity index (χ2v) is 9.08. The summed E-state index contributed by atoms with van der Waals surface area (Å²) < 4.78 is 5.93. The Bertz CT molecular complexity index is 755. The van der Waals surface area contributed by atoms with Gasteiger partial charge in [-0.2, -0.15) is 0 Å². The molecule has 1 N–H and O–H groups in total. The molecule has 0 radical (unpaired) electrons. The monoisotopic (exact) mass is 395 g/mol. The molecule has 0 saturated carbocycles. The normalized spacial score (nSPS) is 12.7. The molecule has 1 amide bonds. The van der Waals surface area contributed by atoms with Crippen LogP contribution in [0.2, 0.25) is 0 Å². The van der Waals surface area contributed by atoms with Crippen molar-refractivity contribution in [2.24, 2.45) is 0 Å². The van der Waals surface area contributed by atoms with E-state index < -0.39 is 6.10 Å². The number of nitrogens with one attached hydrogen (secondary N) is 1. The van der Waals surface area contributed by atoms with Crippen molar-refractivity contribution >= 4 is 5.91 Å². The predicted molar refractivity (Wildman–Crippen MR) is 122 cm³/mol. The lowest BCUT2D eigenvalue weighted by Crippen LogP contribution is -2.38.